The average molecular weight is 560 g/mol. The fraction of sp³-hybridized carbons (Fsp3) is 0.231. The Bertz CT molecular complexity index is 1310. The van der Waals surface area contributed by atoms with Gasteiger partial charge in [0.2, 0.25) is 0 Å². The lowest BCUT2D eigenvalue weighted by atomic mass is 10.1. The van der Waals surface area contributed by atoms with Crippen LogP contribution in [-0.4, -0.2) is 13.1 Å². The third-order valence-corrected chi connectivity index (χ3v) is 6.68. The van der Waals surface area contributed by atoms with Crippen LogP contribution in [0.1, 0.15) is 52.2 Å². The molecule has 0 radical (unpaired) electrons. The molecule has 0 amide bonds. The topological polar surface area (TPSA) is 32.5 Å². The van der Waals surface area contributed by atoms with E-state index >= 15 is 0 Å². The van der Waals surface area contributed by atoms with Crippen LogP contribution in [0.25, 0.3) is 6.08 Å². The van der Waals surface area contributed by atoms with E-state index in [0.717, 1.165) is 53.3 Å². The molecule has 220 valence electrons. The lowest BCUT2D eigenvalue weighted by Gasteiger charge is -2.27. The van der Waals surface area contributed by atoms with Crippen LogP contribution < -0.4 is 15.5 Å². The molecule has 0 spiro atoms. The Morgan fingerprint density at radius 2 is 1.19 bits per heavy atom. The van der Waals surface area contributed by atoms with Crippen molar-refractivity contribution in [1.29, 1.82) is 0 Å². The van der Waals surface area contributed by atoms with E-state index in [9.17, 15) is 0 Å². The third-order valence-electron chi connectivity index (χ3n) is 6.68. The van der Waals surface area contributed by atoms with Gasteiger partial charge < -0.3 is 15.5 Å². The van der Waals surface area contributed by atoms with Crippen LogP contribution in [0.3, 0.4) is 0 Å². The molecule has 3 aromatic carbocycles. The molecular formula is C39H49N3. The number of anilines is 4. The molecule has 0 aromatic heterocycles. The van der Waals surface area contributed by atoms with Gasteiger partial charge in [-0.05, 0) is 99.3 Å². The van der Waals surface area contributed by atoms with Gasteiger partial charge in [-0.1, -0.05) is 98.5 Å². The second kappa shape index (κ2) is 19.7. The highest BCUT2D eigenvalue weighted by atomic mass is 15.1. The fourth-order valence-corrected chi connectivity index (χ4v) is 4.37. The fourth-order valence-electron chi connectivity index (χ4n) is 4.37. The molecule has 0 aliphatic heterocycles. The summed E-state index contributed by atoms with van der Waals surface area (Å²) in [6.07, 6.45) is 21.4. The number of hydrogen-bond acceptors (Lipinski definition) is 3. The zero-order valence-electron chi connectivity index (χ0n) is 26.2. The molecule has 0 saturated heterocycles. The van der Waals surface area contributed by atoms with Crippen molar-refractivity contribution in [3.05, 3.63) is 151 Å². The van der Waals surface area contributed by atoms with E-state index in [4.69, 9.17) is 5.73 Å². The van der Waals surface area contributed by atoms with Gasteiger partial charge in [0.25, 0.3) is 0 Å². The first-order valence-corrected chi connectivity index (χ1v) is 15.0. The Morgan fingerprint density at radius 3 is 1.64 bits per heavy atom. The quantitative estimate of drug-likeness (QED) is 0.211. The van der Waals surface area contributed by atoms with E-state index in [-0.39, 0.29) is 0 Å². The molecule has 3 nitrogen and oxygen atoms in total. The first kappa shape index (κ1) is 33.9. The predicted molar refractivity (Wildman–Crippen MR) is 189 cm³/mol. The SMILES string of the molecule is C/C=C\C=C/C.C=CC(/C=C/C=C/c1ccc(N(c2ccc(CN)cc2)c2ccc(N(CC)CC)cc2)cc1)=C\CC. The van der Waals surface area contributed by atoms with Crippen LogP contribution in [-0.2, 0) is 6.54 Å². The molecule has 3 rings (SSSR count). The Balaban J connectivity index is 0.000000928. The van der Waals surface area contributed by atoms with Gasteiger partial charge in [0.1, 0.15) is 0 Å². The Hall–Kier alpha value is -4.34. The highest BCUT2D eigenvalue weighted by molar-refractivity contribution is 5.78. The second-order valence-corrected chi connectivity index (χ2v) is 9.57. The molecule has 42 heavy (non-hydrogen) atoms. The number of nitrogens with zero attached hydrogens (tertiary/aromatic N) is 2. The van der Waals surface area contributed by atoms with Gasteiger partial charge in [-0.3, -0.25) is 0 Å². The van der Waals surface area contributed by atoms with Crippen LogP contribution in [0.4, 0.5) is 22.7 Å². The highest BCUT2D eigenvalue weighted by Crippen LogP contribution is 2.35. The van der Waals surface area contributed by atoms with Crippen LogP contribution >= 0.6 is 0 Å². The van der Waals surface area contributed by atoms with Gasteiger partial charge in [-0.25, -0.2) is 0 Å². The summed E-state index contributed by atoms with van der Waals surface area (Å²) in [5.41, 5.74) is 13.8. The van der Waals surface area contributed by atoms with Crippen molar-refractivity contribution in [3.63, 3.8) is 0 Å². The number of allylic oxidation sites excluding steroid dienone is 10. The van der Waals surface area contributed by atoms with Gasteiger partial charge in [-0.15, -0.1) is 0 Å². The third kappa shape index (κ3) is 10.9. The van der Waals surface area contributed by atoms with Crippen molar-refractivity contribution >= 4 is 28.8 Å². The van der Waals surface area contributed by atoms with Crippen molar-refractivity contribution < 1.29 is 0 Å². The minimum absolute atomic E-state index is 0.539. The molecule has 3 aromatic rings. The molecule has 0 aliphatic carbocycles. The number of benzene rings is 3. The van der Waals surface area contributed by atoms with Crippen molar-refractivity contribution in [2.45, 2.75) is 47.6 Å². The van der Waals surface area contributed by atoms with Gasteiger partial charge in [-0.2, -0.15) is 0 Å². The van der Waals surface area contributed by atoms with Crippen molar-refractivity contribution in [2.24, 2.45) is 5.73 Å². The number of hydrogen-bond donors (Lipinski definition) is 1. The maximum atomic E-state index is 5.84. The summed E-state index contributed by atoms with van der Waals surface area (Å²) in [5, 5.41) is 0. The molecule has 0 fully saturated rings. The van der Waals surface area contributed by atoms with Crippen molar-refractivity contribution in [3.8, 4) is 0 Å². The summed E-state index contributed by atoms with van der Waals surface area (Å²) < 4.78 is 0. The van der Waals surface area contributed by atoms with Crippen LogP contribution in [0.5, 0.6) is 0 Å². The molecule has 0 bridgehead atoms. The summed E-state index contributed by atoms with van der Waals surface area (Å²) in [5.74, 6) is 0. The van der Waals surface area contributed by atoms with Gasteiger partial charge in [0.15, 0.2) is 0 Å². The first-order valence-electron chi connectivity index (χ1n) is 15.0. The lowest BCUT2D eigenvalue weighted by Crippen LogP contribution is -2.21. The largest absolute Gasteiger partial charge is 0.372 e. The molecule has 0 unspecified atom stereocenters. The normalized spacial score (nSPS) is 11.8. The highest BCUT2D eigenvalue weighted by Gasteiger charge is 2.13. The Kier molecular flexibility index (Phi) is 15.9. The summed E-state index contributed by atoms with van der Waals surface area (Å²) in [7, 11) is 0. The minimum Gasteiger partial charge on any atom is -0.372 e. The Morgan fingerprint density at radius 1 is 0.690 bits per heavy atom. The number of rotatable bonds is 13. The van der Waals surface area contributed by atoms with Crippen LogP contribution in [0, 0.1) is 0 Å². The maximum Gasteiger partial charge on any atom is 0.0463 e. The predicted octanol–water partition coefficient (Wildman–Crippen LogP) is 10.7. The summed E-state index contributed by atoms with van der Waals surface area (Å²) >= 11 is 0. The van der Waals surface area contributed by atoms with E-state index in [1.165, 1.54) is 5.69 Å². The smallest absolute Gasteiger partial charge is 0.0463 e. The van der Waals surface area contributed by atoms with Gasteiger partial charge in [0, 0.05) is 42.4 Å². The molecular weight excluding hydrogens is 510 g/mol. The first-order chi connectivity index (χ1) is 20.5. The Labute approximate surface area is 255 Å². The summed E-state index contributed by atoms with van der Waals surface area (Å²) in [4.78, 5) is 4.64. The van der Waals surface area contributed by atoms with E-state index in [0.29, 0.717) is 6.54 Å². The molecule has 2 N–H and O–H groups in total. The second-order valence-electron chi connectivity index (χ2n) is 9.57. The maximum absolute atomic E-state index is 5.84. The van der Waals surface area contributed by atoms with Gasteiger partial charge >= 0.3 is 0 Å². The monoisotopic (exact) mass is 559 g/mol. The summed E-state index contributed by atoms with van der Waals surface area (Å²) in [6, 6.07) is 25.9. The molecule has 0 heterocycles. The zero-order chi connectivity index (χ0) is 30.6. The molecule has 3 heteroatoms. The summed E-state index contributed by atoms with van der Waals surface area (Å²) in [6.45, 7) is 16.9. The van der Waals surface area contributed by atoms with E-state index in [2.05, 4.69) is 140 Å². The van der Waals surface area contributed by atoms with E-state index < -0.39 is 0 Å². The van der Waals surface area contributed by atoms with Gasteiger partial charge in [0.05, 0.1) is 0 Å². The molecule has 0 saturated carbocycles. The minimum atomic E-state index is 0.539. The van der Waals surface area contributed by atoms with E-state index in [1.54, 1.807) is 0 Å². The molecule has 0 atom stereocenters. The van der Waals surface area contributed by atoms with E-state index in [1.807, 2.05) is 44.2 Å². The number of nitrogens with two attached hydrogens (primary N) is 1. The standard InChI is InChI=1S/C33H39N3.C6H10/c1-5-11-27(6-2)12-9-10-13-28-14-18-31(19-15-28)36(32-20-16-29(26-34)17-21-32)33-24-22-30(23-25-33)35(7-3)8-4;1-3-5-6-4-2/h6,9-25H,2,5,7-8,26,34H2,1,3-4H3;3-6H,1-2H3/b12-9+,13-10+,27-11+;5-3-,6-4-. The van der Waals surface area contributed by atoms with Crippen molar-refractivity contribution in [1.82, 2.24) is 0 Å². The van der Waals surface area contributed by atoms with Crippen molar-refractivity contribution in [2.75, 3.05) is 22.9 Å². The average Bonchev–Trinajstić information content (AvgIpc) is 3.04. The van der Waals surface area contributed by atoms with Crippen LogP contribution in [0.2, 0.25) is 0 Å². The zero-order valence-corrected chi connectivity index (χ0v) is 26.2. The molecule has 0 aliphatic rings. The lowest BCUT2D eigenvalue weighted by molar-refractivity contribution is 0.866. The van der Waals surface area contributed by atoms with Crippen LogP contribution in [0.15, 0.2) is 140 Å².